The van der Waals surface area contributed by atoms with Gasteiger partial charge in [-0.05, 0) is 52.0 Å². The molecule has 1 N–H and O–H groups in total. The number of hydrogen-bond acceptors (Lipinski definition) is 3. The maximum Gasteiger partial charge on any atom is 0.143 e. The van der Waals surface area contributed by atoms with Crippen molar-refractivity contribution in [2.45, 2.75) is 12.6 Å². The number of aromatic nitrogens is 2. The van der Waals surface area contributed by atoms with Crippen molar-refractivity contribution < 1.29 is 9.50 Å². The third-order valence-electron chi connectivity index (χ3n) is 3.13. The minimum atomic E-state index is -1.08. The molecule has 114 valence electrons. The summed E-state index contributed by atoms with van der Waals surface area (Å²) >= 11 is 6.51. The molecule has 0 saturated heterocycles. The van der Waals surface area contributed by atoms with Crippen LogP contribution in [0.25, 0.3) is 0 Å². The van der Waals surface area contributed by atoms with Crippen LogP contribution < -0.4 is 0 Å². The molecule has 21 heavy (non-hydrogen) atoms. The van der Waals surface area contributed by atoms with Crippen LogP contribution in [0.5, 0.6) is 0 Å². The summed E-state index contributed by atoms with van der Waals surface area (Å²) in [5.74, 6) is -0.461. The van der Waals surface area contributed by atoms with Crippen LogP contribution in [0.3, 0.4) is 0 Å². The van der Waals surface area contributed by atoms with Crippen molar-refractivity contribution in [1.82, 2.24) is 14.7 Å². The summed E-state index contributed by atoms with van der Waals surface area (Å²) in [4.78, 5) is 2.02. The van der Waals surface area contributed by atoms with Crippen LogP contribution in [-0.4, -0.2) is 40.4 Å². The van der Waals surface area contributed by atoms with Gasteiger partial charge in [0.05, 0.1) is 27.4 Å². The number of aliphatic hydroxyl groups is 1. The molecule has 0 aliphatic carbocycles. The molecular formula is C14H16Br2FN3O. The Bertz CT molecular complexity index is 631. The van der Waals surface area contributed by atoms with E-state index >= 15 is 0 Å². The quantitative estimate of drug-likeness (QED) is 0.807. The smallest absolute Gasteiger partial charge is 0.143 e. The van der Waals surface area contributed by atoms with Crippen LogP contribution in [0.1, 0.15) is 17.4 Å². The molecule has 0 bridgehead atoms. The molecule has 0 aliphatic heterocycles. The van der Waals surface area contributed by atoms with Gasteiger partial charge in [-0.15, -0.1) is 0 Å². The second kappa shape index (κ2) is 7.00. The van der Waals surface area contributed by atoms with Crippen molar-refractivity contribution in [1.29, 1.82) is 0 Å². The lowest BCUT2D eigenvalue weighted by atomic mass is 10.1. The van der Waals surface area contributed by atoms with Crippen molar-refractivity contribution >= 4 is 31.9 Å². The largest absolute Gasteiger partial charge is 0.382 e. The molecule has 1 heterocycles. The number of likely N-dealkylation sites (N-methyl/N-ethyl adjacent to an activating group) is 1. The minimum absolute atomic E-state index is 0.219. The molecule has 0 radical (unpaired) electrons. The normalized spacial score (nSPS) is 12.9. The summed E-state index contributed by atoms with van der Waals surface area (Å²) in [6.07, 6.45) is 0.533. The van der Waals surface area contributed by atoms with E-state index in [1.807, 2.05) is 19.0 Å². The summed E-state index contributed by atoms with van der Waals surface area (Å²) in [6.45, 7) is 1.38. The molecule has 1 atom stereocenters. The van der Waals surface area contributed by atoms with E-state index in [0.717, 1.165) is 6.54 Å². The molecule has 1 aromatic carbocycles. The molecule has 0 saturated carbocycles. The van der Waals surface area contributed by atoms with Gasteiger partial charge in [-0.2, -0.15) is 5.10 Å². The number of hydrogen-bond donors (Lipinski definition) is 1. The van der Waals surface area contributed by atoms with Crippen LogP contribution in [0.2, 0.25) is 0 Å². The van der Waals surface area contributed by atoms with Gasteiger partial charge in [-0.25, -0.2) is 4.39 Å². The van der Waals surface area contributed by atoms with E-state index in [1.165, 1.54) is 0 Å². The van der Waals surface area contributed by atoms with Gasteiger partial charge in [-0.1, -0.05) is 12.1 Å². The van der Waals surface area contributed by atoms with Gasteiger partial charge in [-0.3, -0.25) is 4.68 Å². The zero-order valence-electron chi connectivity index (χ0n) is 11.7. The van der Waals surface area contributed by atoms with Crippen molar-refractivity contribution in [3.05, 3.63) is 50.4 Å². The third-order valence-corrected chi connectivity index (χ3v) is 4.35. The van der Waals surface area contributed by atoms with E-state index in [0.29, 0.717) is 21.2 Å². The monoisotopic (exact) mass is 419 g/mol. The lowest BCUT2D eigenvalue weighted by molar-refractivity contribution is 0.199. The van der Waals surface area contributed by atoms with Gasteiger partial charge >= 0.3 is 0 Å². The zero-order chi connectivity index (χ0) is 15.6. The fraction of sp³-hybridized carbons (Fsp3) is 0.357. The number of rotatable bonds is 5. The van der Waals surface area contributed by atoms with E-state index in [-0.39, 0.29) is 5.56 Å². The van der Waals surface area contributed by atoms with Crippen molar-refractivity contribution in [2.75, 3.05) is 20.6 Å². The number of benzene rings is 1. The molecule has 2 aromatic rings. The van der Waals surface area contributed by atoms with Gasteiger partial charge in [0, 0.05) is 12.1 Å². The SMILES string of the molecule is CN(C)CCn1ncc(Br)c1C(O)c1cccc(Br)c1F. The van der Waals surface area contributed by atoms with Crippen LogP contribution in [-0.2, 0) is 6.54 Å². The Kier molecular flexibility index (Phi) is 5.54. The predicted molar refractivity (Wildman–Crippen MR) is 86.6 cm³/mol. The highest BCUT2D eigenvalue weighted by atomic mass is 79.9. The second-order valence-electron chi connectivity index (χ2n) is 4.95. The first-order chi connectivity index (χ1) is 9.91. The van der Waals surface area contributed by atoms with E-state index in [9.17, 15) is 9.50 Å². The predicted octanol–water partition coefficient (Wildman–Crippen LogP) is 3.19. The maximum absolute atomic E-state index is 14.2. The van der Waals surface area contributed by atoms with Gasteiger partial charge in [0.15, 0.2) is 0 Å². The molecule has 0 fully saturated rings. The highest BCUT2D eigenvalue weighted by molar-refractivity contribution is 9.10. The number of halogens is 3. The minimum Gasteiger partial charge on any atom is -0.382 e. The maximum atomic E-state index is 14.2. The number of aliphatic hydroxyl groups excluding tert-OH is 1. The molecule has 0 amide bonds. The molecule has 7 heteroatoms. The molecule has 0 aliphatic rings. The Labute approximate surface area is 139 Å². The average molecular weight is 421 g/mol. The molecule has 1 aromatic heterocycles. The van der Waals surface area contributed by atoms with Crippen molar-refractivity contribution in [2.24, 2.45) is 0 Å². The Balaban J connectivity index is 2.36. The molecule has 1 unspecified atom stereocenters. The standard InChI is InChI=1S/C14H16Br2FN3O/c1-19(2)6-7-20-13(11(16)8-18-20)14(21)9-4-3-5-10(15)12(9)17/h3-5,8,14,21H,6-7H2,1-2H3. The Morgan fingerprint density at radius 1 is 1.33 bits per heavy atom. The van der Waals surface area contributed by atoms with E-state index < -0.39 is 11.9 Å². The van der Waals surface area contributed by atoms with Crippen LogP contribution in [0, 0.1) is 5.82 Å². The van der Waals surface area contributed by atoms with E-state index in [1.54, 1.807) is 29.1 Å². The first-order valence-corrected chi connectivity index (χ1v) is 7.98. The summed E-state index contributed by atoms with van der Waals surface area (Å²) in [7, 11) is 3.92. The van der Waals surface area contributed by atoms with Crippen LogP contribution in [0.15, 0.2) is 33.3 Å². The molecule has 2 rings (SSSR count). The van der Waals surface area contributed by atoms with Crippen molar-refractivity contribution in [3.63, 3.8) is 0 Å². The first kappa shape index (κ1) is 16.6. The fourth-order valence-corrected chi connectivity index (χ4v) is 2.89. The lowest BCUT2D eigenvalue weighted by Crippen LogP contribution is -2.21. The third kappa shape index (κ3) is 3.71. The summed E-state index contributed by atoms with van der Waals surface area (Å²) < 4.78 is 16.8. The van der Waals surface area contributed by atoms with E-state index in [2.05, 4.69) is 37.0 Å². The van der Waals surface area contributed by atoms with Crippen LogP contribution >= 0.6 is 31.9 Å². The Morgan fingerprint density at radius 3 is 2.71 bits per heavy atom. The summed E-state index contributed by atoms with van der Waals surface area (Å²) in [5.41, 5.74) is 0.769. The van der Waals surface area contributed by atoms with Gasteiger partial charge < -0.3 is 10.0 Å². The second-order valence-corrected chi connectivity index (χ2v) is 6.66. The highest BCUT2D eigenvalue weighted by Crippen LogP contribution is 2.32. The first-order valence-electron chi connectivity index (χ1n) is 6.39. The number of nitrogens with zero attached hydrogens (tertiary/aromatic N) is 3. The topological polar surface area (TPSA) is 41.3 Å². The van der Waals surface area contributed by atoms with Crippen molar-refractivity contribution in [3.8, 4) is 0 Å². The average Bonchev–Trinajstić information content (AvgIpc) is 2.80. The summed E-state index contributed by atoms with van der Waals surface area (Å²) in [5, 5.41) is 14.8. The van der Waals surface area contributed by atoms with Gasteiger partial charge in [0.25, 0.3) is 0 Å². The lowest BCUT2D eigenvalue weighted by Gasteiger charge is -2.17. The summed E-state index contributed by atoms with van der Waals surface area (Å²) in [6, 6.07) is 4.87. The fourth-order valence-electron chi connectivity index (χ4n) is 2.00. The van der Waals surface area contributed by atoms with Gasteiger partial charge in [0.2, 0.25) is 0 Å². The molecule has 0 spiro atoms. The Morgan fingerprint density at radius 2 is 2.05 bits per heavy atom. The van der Waals surface area contributed by atoms with Gasteiger partial charge in [0.1, 0.15) is 11.9 Å². The Hall–Kier alpha value is -0.760. The zero-order valence-corrected chi connectivity index (χ0v) is 14.9. The highest BCUT2D eigenvalue weighted by Gasteiger charge is 2.23. The molecule has 4 nitrogen and oxygen atoms in total. The van der Waals surface area contributed by atoms with Crippen LogP contribution in [0.4, 0.5) is 4.39 Å². The molecular weight excluding hydrogens is 405 g/mol. The van der Waals surface area contributed by atoms with E-state index in [4.69, 9.17) is 0 Å².